The molecule has 4 nitrogen and oxygen atoms in total. The lowest BCUT2D eigenvalue weighted by molar-refractivity contribution is -0.134. The monoisotopic (exact) mass is 397 g/mol. The van der Waals surface area contributed by atoms with E-state index in [4.69, 9.17) is 0 Å². The summed E-state index contributed by atoms with van der Waals surface area (Å²) >= 11 is 1.93. The standard InChI is InChI=1S/C20H31NO3S2/c1-20(2,3)25-15-17-7-5-6-14-21(17)19(22)13-10-16-8-11-18(12-9-16)26(4,23)24/h8-9,11-12,17H,5-7,10,13-15H2,1-4H3/t17-/m0/s1. The first-order valence-electron chi connectivity index (χ1n) is 9.29. The summed E-state index contributed by atoms with van der Waals surface area (Å²) in [5.74, 6) is 1.22. The Hall–Kier alpha value is -1.01. The SMILES string of the molecule is CC(C)(C)SC[C@@H]1CCCCN1C(=O)CCc1ccc(S(C)(=O)=O)cc1. The Morgan fingerprint density at radius 1 is 1.19 bits per heavy atom. The molecular formula is C20H31NO3S2. The molecule has 0 spiro atoms. The highest BCUT2D eigenvalue weighted by Gasteiger charge is 2.27. The van der Waals surface area contributed by atoms with E-state index in [0.717, 1.165) is 30.7 Å². The average Bonchev–Trinajstić information content (AvgIpc) is 2.57. The van der Waals surface area contributed by atoms with Gasteiger partial charge in [0, 0.05) is 35.8 Å². The van der Waals surface area contributed by atoms with E-state index in [0.29, 0.717) is 23.8 Å². The Bertz CT molecular complexity index is 706. The van der Waals surface area contributed by atoms with Crippen molar-refractivity contribution in [1.82, 2.24) is 4.90 Å². The minimum absolute atomic E-state index is 0.216. The van der Waals surface area contributed by atoms with Gasteiger partial charge in [0.1, 0.15) is 0 Å². The maximum atomic E-state index is 12.8. The molecule has 0 aliphatic carbocycles. The van der Waals surface area contributed by atoms with Gasteiger partial charge < -0.3 is 4.90 Å². The van der Waals surface area contributed by atoms with Gasteiger partial charge in [0.25, 0.3) is 0 Å². The molecule has 1 aliphatic heterocycles. The molecule has 1 saturated heterocycles. The van der Waals surface area contributed by atoms with Crippen molar-refractivity contribution in [2.45, 2.75) is 68.6 Å². The zero-order valence-electron chi connectivity index (χ0n) is 16.3. The van der Waals surface area contributed by atoms with Gasteiger partial charge in [0.05, 0.1) is 4.90 Å². The normalized spacial score (nSPS) is 18.8. The van der Waals surface area contributed by atoms with E-state index in [2.05, 4.69) is 25.7 Å². The molecule has 0 radical (unpaired) electrons. The van der Waals surface area contributed by atoms with Gasteiger partial charge >= 0.3 is 0 Å². The van der Waals surface area contributed by atoms with Gasteiger partial charge in [-0.15, -0.1) is 0 Å². The van der Waals surface area contributed by atoms with Crippen molar-refractivity contribution in [3.8, 4) is 0 Å². The van der Waals surface area contributed by atoms with Crippen LogP contribution in [0.1, 0.15) is 52.0 Å². The van der Waals surface area contributed by atoms with Crippen LogP contribution in [0.2, 0.25) is 0 Å². The molecule has 26 heavy (non-hydrogen) atoms. The number of rotatable bonds is 6. The lowest BCUT2D eigenvalue weighted by Gasteiger charge is -2.37. The minimum atomic E-state index is -3.17. The number of carbonyl (C=O) groups excluding carboxylic acids is 1. The second-order valence-electron chi connectivity index (χ2n) is 8.08. The van der Waals surface area contributed by atoms with E-state index in [9.17, 15) is 13.2 Å². The van der Waals surface area contributed by atoms with Crippen LogP contribution in [0.5, 0.6) is 0 Å². The van der Waals surface area contributed by atoms with Crippen molar-refractivity contribution >= 4 is 27.5 Å². The summed E-state index contributed by atoms with van der Waals surface area (Å²) in [6.45, 7) is 7.51. The van der Waals surface area contributed by atoms with Gasteiger partial charge in [-0.2, -0.15) is 11.8 Å². The summed E-state index contributed by atoms with van der Waals surface area (Å²) in [7, 11) is -3.17. The molecule has 1 fully saturated rings. The van der Waals surface area contributed by atoms with Crippen molar-refractivity contribution in [1.29, 1.82) is 0 Å². The summed E-state index contributed by atoms with van der Waals surface area (Å²) in [6.07, 6.45) is 5.72. The fourth-order valence-corrected chi connectivity index (χ4v) is 4.82. The predicted octanol–water partition coefficient (Wildman–Crippen LogP) is 3.94. The van der Waals surface area contributed by atoms with Crippen LogP contribution in [0.3, 0.4) is 0 Å². The zero-order chi connectivity index (χ0) is 19.4. The van der Waals surface area contributed by atoms with E-state index in [1.54, 1.807) is 12.1 Å². The summed E-state index contributed by atoms with van der Waals surface area (Å²) < 4.78 is 23.3. The van der Waals surface area contributed by atoms with Crippen LogP contribution in [-0.2, 0) is 21.1 Å². The number of benzene rings is 1. The quantitative estimate of drug-likeness (QED) is 0.730. The van der Waals surface area contributed by atoms with Crippen molar-refractivity contribution in [2.24, 2.45) is 0 Å². The van der Waals surface area contributed by atoms with Gasteiger partial charge in [-0.25, -0.2) is 8.42 Å². The summed E-state index contributed by atoms with van der Waals surface area (Å²) in [5, 5.41) is 0. The van der Waals surface area contributed by atoms with Crippen LogP contribution in [0.25, 0.3) is 0 Å². The molecule has 2 rings (SSSR count). The minimum Gasteiger partial charge on any atom is -0.339 e. The van der Waals surface area contributed by atoms with E-state index < -0.39 is 9.84 Å². The second kappa shape index (κ2) is 8.79. The molecule has 1 amide bonds. The molecule has 1 aliphatic rings. The Morgan fingerprint density at radius 3 is 2.42 bits per heavy atom. The Morgan fingerprint density at radius 2 is 1.85 bits per heavy atom. The molecule has 0 N–H and O–H groups in total. The predicted molar refractivity (Wildman–Crippen MR) is 109 cm³/mol. The lowest BCUT2D eigenvalue weighted by Crippen LogP contribution is -2.45. The van der Waals surface area contributed by atoms with E-state index in [1.807, 2.05) is 23.9 Å². The Balaban J connectivity index is 1.92. The fraction of sp³-hybridized carbons (Fsp3) is 0.650. The first kappa shape index (κ1) is 21.3. The number of nitrogens with zero attached hydrogens (tertiary/aromatic N) is 1. The molecule has 1 heterocycles. The third-order valence-electron chi connectivity index (χ3n) is 4.64. The van der Waals surface area contributed by atoms with Gasteiger partial charge in [-0.05, 0) is 43.4 Å². The molecule has 1 atom stereocenters. The van der Waals surface area contributed by atoms with Crippen LogP contribution in [0, 0.1) is 0 Å². The maximum Gasteiger partial charge on any atom is 0.223 e. The van der Waals surface area contributed by atoms with Gasteiger partial charge in [-0.1, -0.05) is 32.9 Å². The number of amides is 1. The van der Waals surface area contributed by atoms with Crippen LogP contribution in [-0.4, -0.2) is 48.6 Å². The highest BCUT2D eigenvalue weighted by Crippen LogP contribution is 2.29. The number of likely N-dealkylation sites (tertiary alicyclic amines) is 1. The summed E-state index contributed by atoms with van der Waals surface area (Å²) in [5.41, 5.74) is 1.00. The van der Waals surface area contributed by atoms with Crippen LogP contribution in [0.4, 0.5) is 0 Å². The molecule has 0 unspecified atom stereocenters. The summed E-state index contributed by atoms with van der Waals surface area (Å²) in [6, 6.07) is 7.21. The van der Waals surface area contributed by atoms with E-state index in [1.165, 1.54) is 12.7 Å². The maximum absolute atomic E-state index is 12.8. The molecular weight excluding hydrogens is 366 g/mol. The van der Waals surface area contributed by atoms with Gasteiger partial charge in [0.15, 0.2) is 9.84 Å². The molecule has 6 heteroatoms. The van der Waals surface area contributed by atoms with Crippen molar-refractivity contribution in [3.63, 3.8) is 0 Å². The molecule has 0 saturated carbocycles. The van der Waals surface area contributed by atoms with Gasteiger partial charge in [0.2, 0.25) is 5.91 Å². The number of thioether (sulfide) groups is 1. The molecule has 0 bridgehead atoms. The molecule has 1 aromatic carbocycles. The van der Waals surface area contributed by atoms with Crippen LogP contribution in [0.15, 0.2) is 29.2 Å². The van der Waals surface area contributed by atoms with E-state index >= 15 is 0 Å². The number of sulfone groups is 1. The third kappa shape index (κ3) is 6.62. The largest absolute Gasteiger partial charge is 0.339 e. The second-order valence-corrected chi connectivity index (χ2v) is 11.9. The number of aryl methyl sites for hydroxylation is 1. The molecule has 0 aromatic heterocycles. The summed E-state index contributed by atoms with van der Waals surface area (Å²) in [4.78, 5) is 15.2. The number of carbonyl (C=O) groups is 1. The molecule has 1 aromatic rings. The fourth-order valence-electron chi connectivity index (χ4n) is 3.15. The Kier molecular flexibility index (Phi) is 7.19. The number of hydrogen-bond acceptors (Lipinski definition) is 4. The van der Waals surface area contributed by atoms with Crippen LogP contribution < -0.4 is 0 Å². The molecule has 146 valence electrons. The first-order chi connectivity index (χ1) is 12.1. The smallest absolute Gasteiger partial charge is 0.223 e. The van der Waals surface area contributed by atoms with Crippen LogP contribution >= 0.6 is 11.8 Å². The van der Waals surface area contributed by atoms with Crippen molar-refractivity contribution in [3.05, 3.63) is 29.8 Å². The Labute approximate surface area is 162 Å². The average molecular weight is 398 g/mol. The third-order valence-corrected chi connectivity index (χ3v) is 7.18. The van der Waals surface area contributed by atoms with E-state index in [-0.39, 0.29) is 10.7 Å². The number of piperidine rings is 1. The highest BCUT2D eigenvalue weighted by atomic mass is 32.2. The zero-order valence-corrected chi connectivity index (χ0v) is 18.0. The lowest BCUT2D eigenvalue weighted by atomic mass is 10.0. The number of hydrogen-bond donors (Lipinski definition) is 0. The highest BCUT2D eigenvalue weighted by molar-refractivity contribution is 8.00. The van der Waals surface area contributed by atoms with Crippen molar-refractivity contribution < 1.29 is 13.2 Å². The van der Waals surface area contributed by atoms with Gasteiger partial charge in [-0.3, -0.25) is 4.79 Å². The van der Waals surface area contributed by atoms with Crippen molar-refractivity contribution in [2.75, 3.05) is 18.6 Å². The topological polar surface area (TPSA) is 54.5 Å². The first-order valence-corrected chi connectivity index (χ1v) is 12.2.